The van der Waals surface area contributed by atoms with E-state index in [1.54, 1.807) is 0 Å². The van der Waals surface area contributed by atoms with Crippen molar-refractivity contribution >= 4 is 5.91 Å². The smallest absolute Gasteiger partial charge is 0.220 e. The van der Waals surface area contributed by atoms with E-state index in [0.29, 0.717) is 36.3 Å². The number of nitrogens with two attached hydrogens (primary N) is 1. The van der Waals surface area contributed by atoms with Crippen molar-refractivity contribution in [3.05, 3.63) is 0 Å². The average molecular weight is 294 g/mol. The molecule has 2 aliphatic carbocycles. The Hall–Kier alpha value is -0.570. The molecule has 0 bridgehead atoms. The van der Waals surface area contributed by atoms with Crippen LogP contribution in [0.25, 0.3) is 0 Å². The van der Waals surface area contributed by atoms with Crippen LogP contribution in [0.3, 0.4) is 0 Å². The van der Waals surface area contributed by atoms with Gasteiger partial charge in [-0.2, -0.15) is 0 Å². The van der Waals surface area contributed by atoms with Gasteiger partial charge in [0.1, 0.15) is 0 Å². The third-order valence-corrected chi connectivity index (χ3v) is 5.63. The predicted octanol–water partition coefficient (Wildman–Crippen LogP) is 3.62. The highest BCUT2D eigenvalue weighted by Crippen LogP contribution is 2.31. The van der Waals surface area contributed by atoms with Crippen LogP contribution in [0.5, 0.6) is 0 Å². The van der Waals surface area contributed by atoms with E-state index in [9.17, 15) is 4.79 Å². The Bertz CT molecular complexity index is 329. The lowest BCUT2D eigenvalue weighted by Crippen LogP contribution is -2.44. The minimum atomic E-state index is 0.270. The van der Waals surface area contributed by atoms with Crippen molar-refractivity contribution in [1.29, 1.82) is 0 Å². The number of hydrogen-bond acceptors (Lipinski definition) is 2. The van der Waals surface area contributed by atoms with E-state index in [-0.39, 0.29) is 5.91 Å². The van der Waals surface area contributed by atoms with E-state index < -0.39 is 0 Å². The number of amides is 1. The van der Waals surface area contributed by atoms with E-state index in [1.165, 1.54) is 44.9 Å². The fraction of sp³-hybridized carbons (Fsp3) is 0.944. The van der Waals surface area contributed by atoms with E-state index in [1.807, 2.05) is 0 Å². The molecule has 21 heavy (non-hydrogen) atoms. The van der Waals surface area contributed by atoms with E-state index in [4.69, 9.17) is 5.73 Å². The first-order valence-electron chi connectivity index (χ1n) is 9.11. The third-order valence-electron chi connectivity index (χ3n) is 5.63. The molecule has 0 saturated heterocycles. The van der Waals surface area contributed by atoms with Gasteiger partial charge in [-0.05, 0) is 49.9 Å². The molecule has 2 aliphatic rings. The van der Waals surface area contributed by atoms with Crippen LogP contribution in [0.4, 0.5) is 0 Å². The molecular weight excluding hydrogens is 260 g/mol. The summed E-state index contributed by atoms with van der Waals surface area (Å²) in [5.41, 5.74) is 6.03. The highest BCUT2D eigenvalue weighted by Gasteiger charge is 2.28. The molecule has 0 spiro atoms. The van der Waals surface area contributed by atoms with Crippen LogP contribution in [0.1, 0.15) is 78.1 Å². The fourth-order valence-electron chi connectivity index (χ4n) is 4.35. The van der Waals surface area contributed by atoms with Crippen molar-refractivity contribution in [1.82, 2.24) is 5.32 Å². The van der Waals surface area contributed by atoms with Crippen LogP contribution < -0.4 is 11.1 Å². The van der Waals surface area contributed by atoms with Crippen molar-refractivity contribution in [3.63, 3.8) is 0 Å². The quantitative estimate of drug-likeness (QED) is 0.813. The zero-order valence-corrected chi connectivity index (χ0v) is 13.9. The summed E-state index contributed by atoms with van der Waals surface area (Å²) < 4.78 is 0. The lowest BCUT2D eigenvalue weighted by molar-refractivity contribution is -0.122. The van der Waals surface area contributed by atoms with Crippen LogP contribution in [-0.2, 0) is 4.79 Å². The molecule has 0 aromatic heterocycles. The van der Waals surface area contributed by atoms with Gasteiger partial charge >= 0.3 is 0 Å². The largest absolute Gasteiger partial charge is 0.353 e. The second-order valence-electron chi connectivity index (χ2n) is 7.70. The number of carbonyl (C=O) groups is 1. The maximum atomic E-state index is 12.3. The van der Waals surface area contributed by atoms with Crippen LogP contribution >= 0.6 is 0 Å². The molecule has 4 atom stereocenters. The normalized spacial score (nSPS) is 33.9. The van der Waals surface area contributed by atoms with Gasteiger partial charge in [0.25, 0.3) is 0 Å². The predicted molar refractivity (Wildman–Crippen MR) is 87.9 cm³/mol. The Morgan fingerprint density at radius 1 is 1.14 bits per heavy atom. The summed E-state index contributed by atoms with van der Waals surface area (Å²) in [7, 11) is 0. The summed E-state index contributed by atoms with van der Waals surface area (Å²) in [4.78, 5) is 12.3. The number of hydrogen-bond donors (Lipinski definition) is 2. The van der Waals surface area contributed by atoms with Gasteiger partial charge in [0.15, 0.2) is 0 Å². The van der Waals surface area contributed by atoms with E-state index >= 15 is 0 Å². The van der Waals surface area contributed by atoms with Gasteiger partial charge in [-0.15, -0.1) is 0 Å². The minimum Gasteiger partial charge on any atom is -0.353 e. The van der Waals surface area contributed by atoms with Gasteiger partial charge in [-0.25, -0.2) is 0 Å². The Morgan fingerprint density at radius 2 is 1.90 bits per heavy atom. The van der Waals surface area contributed by atoms with Gasteiger partial charge < -0.3 is 11.1 Å². The van der Waals surface area contributed by atoms with Crippen LogP contribution in [-0.4, -0.2) is 18.0 Å². The van der Waals surface area contributed by atoms with Gasteiger partial charge in [0.2, 0.25) is 5.91 Å². The lowest BCUT2D eigenvalue weighted by atomic mass is 9.77. The maximum Gasteiger partial charge on any atom is 0.220 e. The zero-order chi connectivity index (χ0) is 15.2. The minimum absolute atomic E-state index is 0.270. The summed E-state index contributed by atoms with van der Waals surface area (Å²) in [5.74, 6) is 2.29. The third kappa shape index (κ3) is 5.28. The molecule has 0 aliphatic heterocycles. The second kappa shape index (κ2) is 8.17. The summed E-state index contributed by atoms with van der Waals surface area (Å²) >= 11 is 0. The van der Waals surface area contributed by atoms with Gasteiger partial charge in [-0.3, -0.25) is 4.79 Å². The Morgan fingerprint density at radius 3 is 2.62 bits per heavy atom. The molecule has 1 amide bonds. The molecule has 0 heterocycles. The topological polar surface area (TPSA) is 55.1 Å². The fourth-order valence-corrected chi connectivity index (χ4v) is 4.35. The van der Waals surface area contributed by atoms with E-state index in [0.717, 1.165) is 12.8 Å². The number of nitrogens with one attached hydrogen (secondary N) is 1. The molecule has 0 radical (unpaired) electrons. The van der Waals surface area contributed by atoms with Crippen molar-refractivity contribution in [3.8, 4) is 0 Å². The van der Waals surface area contributed by atoms with Crippen LogP contribution in [0.2, 0.25) is 0 Å². The van der Waals surface area contributed by atoms with Gasteiger partial charge in [0.05, 0.1) is 0 Å². The molecule has 3 N–H and O–H groups in total. The Kier molecular flexibility index (Phi) is 6.53. The summed E-state index contributed by atoms with van der Waals surface area (Å²) in [5, 5.41) is 3.33. The standard InChI is InChI=1S/C18H34N2O/c1-13(2)16-8-3-4-9-17(16)20-18(21)11-10-14-6-5-7-15(19)12-14/h13-17H,3-12,19H2,1-2H3,(H,20,21). The molecule has 3 heteroatoms. The second-order valence-corrected chi connectivity index (χ2v) is 7.70. The Labute approximate surface area is 130 Å². The summed E-state index contributed by atoms with van der Waals surface area (Å²) in [6.45, 7) is 4.58. The van der Waals surface area contributed by atoms with Crippen molar-refractivity contribution in [2.75, 3.05) is 0 Å². The first-order chi connectivity index (χ1) is 10.1. The Balaban J connectivity index is 1.73. The first-order valence-corrected chi connectivity index (χ1v) is 9.11. The monoisotopic (exact) mass is 294 g/mol. The molecule has 2 fully saturated rings. The molecule has 122 valence electrons. The van der Waals surface area contributed by atoms with Gasteiger partial charge in [-0.1, -0.05) is 39.5 Å². The van der Waals surface area contributed by atoms with Crippen LogP contribution in [0, 0.1) is 17.8 Å². The lowest BCUT2D eigenvalue weighted by Gasteiger charge is -2.35. The zero-order valence-electron chi connectivity index (χ0n) is 13.9. The molecule has 0 aromatic rings. The highest BCUT2D eigenvalue weighted by atomic mass is 16.1. The average Bonchev–Trinajstić information content (AvgIpc) is 2.45. The maximum absolute atomic E-state index is 12.3. The summed E-state index contributed by atoms with van der Waals surface area (Å²) in [6.07, 6.45) is 11.6. The molecule has 4 unspecified atom stereocenters. The van der Waals surface area contributed by atoms with Crippen molar-refractivity contribution in [2.24, 2.45) is 23.5 Å². The molecule has 2 saturated carbocycles. The number of rotatable bonds is 5. The van der Waals surface area contributed by atoms with Crippen molar-refractivity contribution in [2.45, 2.75) is 90.1 Å². The van der Waals surface area contributed by atoms with Crippen LogP contribution in [0.15, 0.2) is 0 Å². The molecule has 0 aromatic carbocycles. The van der Waals surface area contributed by atoms with Crippen molar-refractivity contribution < 1.29 is 4.79 Å². The molecular formula is C18H34N2O. The summed E-state index contributed by atoms with van der Waals surface area (Å²) in [6, 6.07) is 0.787. The molecule has 2 rings (SSSR count). The number of carbonyl (C=O) groups excluding carboxylic acids is 1. The highest BCUT2D eigenvalue weighted by molar-refractivity contribution is 5.76. The SMILES string of the molecule is CC(C)C1CCCCC1NC(=O)CCC1CCCC(N)C1. The van der Waals surface area contributed by atoms with E-state index in [2.05, 4.69) is 19.2 Å². The first kappa shape index (κ1) is 16.8. The van der Waals surface area contributed by atoms with Gasteiger partial charge in [0, 0.05) is 18.5 Å². The molecule has 3 nitrogen and oxygen atoms in total.